The number of hydrogen-bond acceptors (Lipinski definition) is 4. The zero-order chi connectivity index (χ0) is 20.4. The number of rotatable bonds is 7. The zero-order valence-corrected chi connectivity index (χ0v) is 18.2. The van der Waals surface area contributed by atoms with Gasteiger partial charge in [0.15, 0.2) is 0 Å². The van der Waals surface area contributed by atoms with Gasteiger partial charge in [0, 0.05) is 28.1 Å². The van der Waals surface area contributed by atoms with Crippen LogP contribution < -0.4 is 4.74 Å². The lowest BCUT2D eigenvalue weighted by molar-refractivity contribution is 0.0728. The van der Waals surface area contributed by atoms with Crippen LogP contribution in [0.1, 0.15) is 39.5 Å². The van der Waals surface area contributed by atoms with Crippen molar-refractivity contribution in [1.82, 2.24) is 9.88 Å². The van der Waals surface area contributed by atoms with Crippen LogP contribution in [-0.4, -0.2) is 21.8 Å². The lowest BCUT2D eigenvalue weighted by atomic mass is 10.1. The van der Waals surface area contributed by atoms with Crippen LogP contribution in [0.3, 0.4) is 0 Å². The lowest BCUT2D eigenvalue weighted by Crippen LogP contribution is -2.32. The van der Waals surface area contributed by atoms with Crippen LogP contribution in [-0.2, 0) is 13.2 Å². The number of aryl methyl sites for hydroxylation is 1. The Balaban J connectivity index is 1.43. The van der Waals surface area contributed by atoms with Gasteiger partial charge < -0.3 is 9.64 Å². The maximum absolute atomic E-state index is 13.0. The Kier molecular flexibility index (Phi) is 6.09. The molecule has 1 saturated carbocycles. The average molecular weight is 447 g/mol. The number of ether oxygens (including phenoxy) is 1. The topological polar surface area (TPSA) is 42.4 Å². The van der Waals surface area contributed by atoms with E-state index >= 15 is 0 Å². The molecule has 0 spiro atoms. The van der Waals surface area contributed by atoms with Crippen LogP contribution >= 0.6 is 34.5 Å². The van der Waals surface area contributed by atoms with E-state index in [1.165, 1.54) is 11.3 Å². The summed E-state index contributed by atoms with van der Waals surface area (Å²) in [6.07, 6.45) is 2.09. The molecule has 29 heavy (non-hydrogen) atoms. The van der Waals surface area contributed by atoms with Gasteiger partial charge in [-0.15, -0.1) is 11.3 Å². The van der Waals surface area contributed by atoms with Crippen LogP contribution in [0.2, 0.25) is 10.0 Å². The van der Waals surface area contributed by atoms with Gasteiger partial charge in [0.25, 0.3) is 5.91 Å². The fourth-order valence-corrected chi connectivity index (χ4v) is 4.12. The number of carbonyl (C=O) groups excluding carboxylic acids is 1. The Hall–Kier alpha value is -2.08. The molecule has 0 saturated heterocycles. The van der Waals surface area contributed by atoms with E-state index < -0.39 is 0 Å². The van der Waals surface area contributed by atoms with Gasteiger partial charge >= 0.3 is 0 Å². The number of amides is 1. The highest BCUT2D eigenvalue weighted by molar-refractivity contribution is 7.09. The molecule has 1 fully saturated rings. The summed E-state index contributed by atoms with van der Waals surface area (Å²) in [5.74, 6) is 0.595. The molecule has 150 valence electrons. The second-order valence-corrected chi connectivity index (χ2v) is 8.92. The molecule has 3 aromatic rings. The molecule has 1 aliphatic rings. The van der Waals surface area contributed by atoms with E-state index in [0.29, 0.717) is 35.0 Å². The van der Waals surface area contributed by atoms with E-state index in [1.807, 2.05) is 41.5 Å². The first-order valence-electron chi connectivity index (χ1n) is 9.38. The van der Waals surface area contributed by atoms with Crippen LogP contribution in [0.5, 0.6) is 5.75 Å². The molecule has 1 aromatic heterocycles. The molecule has 0 atom stereocenters. The Labute approximate surface area is 184 Å². The highest BCUT2D eigenvalue weighted by atomic mass is 35.5. The number of halogens is 2. The third-order valence-electron chi connectivity index (χ3n) is 4.69. The number of thiazole rings is 1. The minimum atomic E-state index is 0.0627. The molecule has 0 radical (unpaired) electrons. The zero-order valence-electron chi connectivity index (χ0n) is 15.9. The maximum Gasteiger partial charge on any atom is 0.254 e. The van der Waals surface area contributed by atoms with Gasteiger partial charge in [0.05, 0.1) is 17.3 Å². The molecule has 7 heteroatoms. The fraction of sp³-hybridized carbons (Fsp3) is 0.273. The van der Waals surface area contributed by atoms with Crippen LogP contribution in [0, 0.1) is 6.92 Å². The van der Waals surface area contributed by atoms with Gasteiger partial charge in [-0.2, -0.15) is 0 Å². The number of hydrogen-bond donors (Lipinski definition) is 0. The molecule has 4 nitrogen and oxygen atoms in total. The van der Waals surface area contributed by atoms with Crippen molar-refractivity contribution in [2.24, 2.45) is 0 Å². The molecule has 1 heterocycles. The normalized spacial score (nSPS) is 13.3. The van der Waals surface area contributed by atoms with E-state index in [0.717, 1.165) is 34.7 Å². The first-order chi connectivity index (χ1) is 14.0. The second-order valence-electron chi connectivity index (χ2n) is 7.13. The first-order valence-corrected chi connectivity index (χ1v) is 11.0. The smallest absolute Gasteiger partial charge is 0.254 e. The van der Waals surface area contributed by atoms with Crippen LogP contribution in [0.4, 0.5) is 0 Å². The van der Waals surface area contributed by atoms with Crippen molar-refractivity contribution in [2.75, 3.05) is 0 Å². The number of aromatic nitrogens is 1. The predicted molar refractivity (Wildman–Crippen MR) is 117 cm³/mol. The van der Waals surface area contributed by atoms with E-state index in [2.05, 4.69) is 4.98 Å². The van der Waals surface area contributed by atoms with Crippen LogP contribution in [0.15, 0.2) is 47.8 Å². The summed E-state index contributed by atoms with van der Waals surface area (Å²) in [6, 6.07) is 13.1. The van der Waals surface area contributed by atoms with E-state index in [1.54, 1.807) is 18.2 Å². The molecule has 0 unspecified atom stereocenters. The molecular weight excluding hydrogens is 427 g/mol. The Morgan fingerprint density at radius 3 is 2.83 bits per heavy atom. The number of carbonyl (C=O) groups is 1. The fourth-order valence-electron chi connectivity index (χ4n) is 3.09. The summed E-state index contributed by atoms with van der Waals surface area (Å²) in [4.78, 5) is 19.6. The molecule has 1 aliphatic carbocycles. The SMILES string of the molecule is Cc1cccc(C(=O)N(Cc2csc(COc3cc(Cl)ccc3Cl)n2)C2CC2)c1. The van der Waals surface area contributed by atoms with Gasteiger partial charge in [0.2, 0.25) is 0 Å². The predicted octanol–water partition coefficient (Wildman–Crippen LogP) is 6.14. The monoisotopic (exact) mass is 446 g/mol. The number of nitrogens with zero attached hydrogens (tertiary/aromatic N) is 2. The minimum absolute atomic E-state index is 0.0627. The quantitative estimate of drug-likeness (QED) is 0.437. The van der Waals surface area contributed by atoms with E-state index in [4.69, 9.17) is 27.9 Å². The Morgan fingerprint density at radius 1 is 1.24 bits per heavy atom. The van der Waals surface area contributed by atoms with Crippen molar-refractivity contribution in [2.45, 2.75) is 39.0 Å². The Morgan fingerprint density at radius 2 is 2.07 bits per heavy atom. The summed E-state index contributed by atoms with van der Waals surface area (Å²) in [6.45, 7) is 2.81. The minimum Gasteiger partial charge on any atom is -0.485 e. The summed E-state index contributed by atoms with van der Waals surface area (Å²) >= 11 is 13.6. The van der Waals surface area contributed by atoms with Crippen molar-refractivity contribution < 1.29 is 9.53 Å². The van der Waals surface area contributed by atoms with Gasteiger partial charge in [0.1, 0.15) is 17.4 Å². The van der Waals surface area contributed by atoms with E-state index in [9.17, 15) is 4.79 Å². The van der Waals surface area contributed by atoms with Crippen molar-refractivity contribution in [1.29, 1.82) is 0 Å². The first kappa shape index (κ1) is 20.2. The van der Waals surface area contributed by atoms with Gasteiger partial charge in [-0.05, 0) is 44.0 Å². The van der Waals surface area contributed by atoms with E-state index in [-0.39, 0.29) is 5.91 Å². The van der Waals surface area contributed by atoms with Crippen molar-refractivity contribution >= 4 is 40.4 Å². The van der Waals surface area contributed by atoms with Crippen molar-refractivity contribution in [3.05, 3.63) is 79.7 Å². The molecular formula is C22H20Cl2N2O2S. The molecule has 0 N–H and O–H groups in total. The summed E-state index contributed by atoms with van der Waals surface area (Å²) in [5, 5.41) is 3.89. The third kappa shape index (κ3) is 5.10. The van der Waals surface area contributed by atoms with Crippen LogP contribution in [0.25, 0.3) is 0 Å². The average Bonchev–Trinajstić information content (AvgIpc) is 3.45. The lowest BCUT2D eigenvalue weighted by Gasteiger charge is -2.21. The third-order valence-corrected chi connectivity index (χ3v) is 6.11. The Bertz CT molecular complexity index is 1030. The van der Waals surface area contributed by atoms with Crippen molar-refractivity contribution in [3.8, 4) is 5.75 Å². The number of benzene rings is 2. The summed E-state index contributed by atoms with van der Waals surface area (Å²) in [5.41, 5.74) is 2.68. The van der Waals surface area contributed by atoms with Crippen molar-refractivity contribution in [3.63, 3.8) is 0 Å². The molecule has 1 amide bonds. The standard InChI is InChI=1S/C22H20Cl2N2O2S/c1-14-3-2-4-15(9-14)22(27)26(18-6-7-18)11-17-13-29-21(25-17)12-28-20-10-16(23)5-8-19(20)24/h2-5,8-10,13,18H,6-7,11-12H2,1H3. The highest BCUT2D eigenvalue weighted by Crippen LogP contribution is 2.31. The van der Waals surface area contributed by atoms with Gasteiger partial charge in [-0.3, -0.25) is 4.79 Å². The maximum atomic E-state index is 13.0. The molecule has 0 aliphatic heterocycles. The summed E-state index contributed by atoms with van der Waals surface area (Å²) in [7, 11) is 0. The van der Waals surface area contributed by atoms with Gasteiger partial charge in [-0.25, -0.2) is 4.98 Å². The molecule has 4 rings (SSSR count). The molecule has 0 bridgehead atoms. The molecule has 2 aromatic carbocycles. The summed E-state index contributed by atoms with van der Waals surface area (Å²) < 4.78 is 5.76. The largest absolute Gasteiger partial charge is 0.485 e. The second kappa shape index (κ2) is 8.74. The van der Waals surface area contributed by atoms with Gasteiger partial charge in [-0.1, -0.05) is 40.9 Å². The highest BCUT2D eigenvalue weighted by Gasteiger charge is 2.33.